The third-order valence-corrected chi connectivity index (χ3v) is 7.98. The van der Waals surface area contributed by atoms with E-state index in [1.54, 1.807) is 0 Å². The SMILES string of the molecule is CCC=CCC=CCC=CCC=CCCCCCCC(=O)OC[C@H](CO)OC(=O)CCCCCCCCCC=CCC=CCCCCC. The van der Waals surface area contributed by atoms with E-state index < -0.39 is 6.10 Å². The van der Waals surface area contributed by atoms with Crippen molar-refractivity contribution in [3.05, 3.63) is 72.9 Å². The molecule has 274 valence electrons. The zero-order valence-corrected chi connectivity index (χ0v) is 31.0. The molecule has 0 saturated carbocycles. The van der Waals surface area contributed by atoms with Crippen LogP contribution in [0.2, 0.25) is 0 Å². The number of ether oxygens (including phenoxy) is 2. The quantitative estimate of drug-likeness (QED) is 0.0420. The molecule has 0 fully saturated rings. The van der Waals surface area contributed by atoms with E-state index in [0.717, 1.165) is 89.9 Å². The lowest BCUT2D eigenvalue weighted by atomic mass is 10.1. The van der Waals surface area contributed by atoms with Gasteiger partial charge in [0.2, 0.25) is 0 Å². The molecule has 5 heteroatoms. The molecule has 1 atom stereocenters. The van der Waals surface area contributed by atoms with Gasteiger partial charge < -0.3 is 14.6 Å². The predicted octanol–water partition coefficient (Wildman–Crippen LogP) is 12.2. The first-order valence-corrected chi connectivity index (χ1v) is 19.5. The van der Waals surface area contributed by atoms with E-state index in [4.69, 9.17) is 9.47 Å². The highest BCUT2D eigenvalue weighted by atomic mass is 16.6. The Morgan fingerprint density at radius 1 is 0.500 bits per heavy atom. The number of carbonyl (C=O) groups is 2. The summed E-state index contributed by atoms with van der Waals surface area (Å²) in [5, 5.41) is 9.55. The van der Waals surface area contributed by atoms with Gasteiger partial charge in [-0.25, -0.2) is 0 Å². The Kier molecular flexibility index (Phi) is 36.6. The van der Waals surface area contributed by atoms with Crippen LogP contribution in [-0.2, 0) is 19.1 Å². The normalized spacial score (nSPS) is 13.0. The minimum atomic E-state index is -0.789. The Morgan fingerprint density at radius 2 is 0.896 bits per heavy atom. The van der Waals surface area contributed by atoms with Gasteiger partial charge in [-0.15, -0.1) is 0 Å². The second kappa shape index (κ2) is 38.8. The summed E-state index contributed by atoms with van der Waals surface area (Å²) >= 11 is 0. The summed E-state index contributed by atoms with van der Waals surface area (Å²) in [5.74, 6) is -0.634. The van der Waals surface area contributed by atoms with Gasteiger partial charge in [0, 0.05) is 12.8 Å². The predicted molar refractivity (Wildman–Crippen MR) is 205 cm³/mol. The topological polar surface area (TPSA) is 72.8 Å². The van der Waals surface area contributed by atoms with Crippen LogP contribution in [0.25, 0.3) is 0 Å². The maximum absolute atomic E-state index is 12.2. The summed E-state index contributed by atoms with van der Waals surface area (Å²) in [6.07, 6.45) is 51.0. The monoisotopic (exact) mass is 669 g/mol. The molecule has 0 heterocycles. The first kappa shape index (κ1) is 45.3. The third-order valence-electron chi connectivity index (χ3n) is 7.98. The molecule has 48 heavy (non-hydrogen) atoms. The number of esters is 2. The van der Waals surface area contributed by atoms with Crippen molar-refractivity contribution in [3.8, 4) is 0 Å². The maximum Gasteiger partial charge on any atom is 0.306 e. The minimum absolute atomic E-state index is 0.0855. The Balaban J connectivity index is 3.64. The molecular weight excluding hydrogens is 596 g/mol. The highest BCUT2D eigenvalue weighted by molar-refractivity contribution is 5.70. The van der Waals surface area contributed by atoms with Crippen LogP contribution in [0.3, 0.4) is 0 Å². The fraction of sp³-hybridized carbons (Fsp3) is 0.674. The Morgan fingerprint density at radius 3 is 1.35 bits per heavy atom. The lowest BCUT2D eigenvalue weighted by Crippen LogP contribution is -2.28. The summed E-state index contributed by atoms with van der Waals surface area (Å²) in [6.45, 7) is 3.96. The van der Waals surface area contributed by atoms with Crippen molar-refractivity contribution < 1.29 is 24.2 Å². The number of aliphatic hydroxyl groups excluding tert-OH is 1. The molecule has 0 bridgehead atoms. The molecule has 0 spiro atoms. The van der Waals surface area contributed by atoms with Gasteiger partial charge in [-0.3, -0.25) is 9.59 Å². The van der Waals surface area contributed by atoms with Crippen LogP contribution in [0.5, 0.6) is 0 Å². The van der Waals surface area contributed by atoms with Crippen LogP contribution < -0.4 is 0 Å². The van der Waals surface area contributed by atoms with E-state index in [1.165, 1.54) is 51.4 Å². The lowest BCUT2D eigenvalue weighted by molar-refractivity contribution is -0.161. The first-order valence-electron chi connectivity index (χ1n) is 19.5. The Hall–Kier alpha value is -2.66. The smallest absolute Gasteiger partial charge is 0.306 e. The van der Waals surface area contributed by atoms with E-state index in [-0.39, 0.29) is 25.2 Å². The lowest BCUT2D eigenvalue weighted by Gasteiger charge is -2.15. The fourth-order valence-electron chi connectivity index (χ4n) is 5.04. The van der Waals surface area contributed by atoms with Crippen LogP contribution in [0.1, 0.15) is 168 Å². The summed E-state index contributed by atoms with van der Waals surface area (Å²) in [6, 6.07) is 0. The van der Waals surface area contributed by atoms with Gasteiger partial charge in [-0.05, 0) is 83.5 Å². The molecule has 0 saturated heterocycles. The van der Waals surface area contributed by atoms with E-state index in [2.05, 4.69) is 86.8 Å². The third kappa shape index (κ3) is 36.2. The van der Waals surface area contributed by atoms with Gasteiger partial charge in [0.15, 0.2) is 6.10 Å². The van der Waals surface area contributed by atoms with Crippen molar-refractivity contribution in [2.24, 2.45) is 0 Å². The molecule has 0 rings (SSSR count). The van der Waals surface area contributed by atoms with Gasteiger partial charge in [0.25, 0.3) is 0 Å². The van der Waals surface area contributed by atoms with E-state index in [0.29, 0.717) is 12.8 Å². The average molecular weight is 669 g/mol. The minimum Gasteiger partial charge on any atom is -0.462 e. The van der Waals surface area contributed by atoms with Crippen LogP contribution >= 0.6 is 0 Å². The van der Waals surface area contributed by atoms with Crippen LogP contribution in [0, 0.1) is 0 Å². The van der Waals surface area contributed by atoms with Crippen molar-refractivity contribution in [2.75, 3.05) is 13.2 Å². The molecule has 0 radical (unpaired) electrons. The maximum atomic E-state index is 12.2. The van der Waals surface area contributed by atoms with Crippen molar-refractivity contribution in [2.45, 2.75) is 174 Å². The van der Waals surface area contributed by atoms with Crippen LogP contribution in [0.15, 0.2) is 72.9 Å². The van der Waals surface area contributed by atoms with Crippen molar-refractivity contribution in [3.63, 3.8) is 0 Å². The van der Waals surface area contributed by atoms with Gasteiger partial charge in [0.05, 0.1) is 6.61 Å². The molecule has 0 aromatic carbocycles. The van der Waals surface area contributed by atoms with Crippen LogP contribution in [0.4, 0.5) is 0 Å². The molecule has 0 aliphatic heterocycles. The summed E-state index contributed by atoms with van der Waals surface area (Å²) in [7, 11) is 0. The standard InChI is InChI=1S/C43H72O5/c1-3-5-7-9-11-13-15-17-19-21-23-25-27-29-31-33-35-37-42(45)47-40-41(39-44)48-43(46)38-36-34-32-30-28-26-24-22-20-18-16-14-12-10-8-6-4-2/h5,7,11-14,17-20,23,25,41,44H,3-4,6,8-10,15-16,21-22,24,26-40H2,1-2H3/t41-/m0/s1. The summed E-state index contributed by atoms with van der Waals surface area (Å²) in [4.78, 5) is 24.2. The zero-order valence-electron chi connectivity index (χ0n) is 31.0. The van der Waals surface area contributed by atoms with Gasteiger partial charge in [-0.2, -0.15) is 0 Å². The second-order valence-electron chi connectivity index (χ2n) is 12.6. The van der Waals surface area contributed by atoms with Gasteiger partial charge >= 0.3 is 11.9 Å². The van der Waals surface area contributed by atoms with Crippen molar-refractivity contribution in [1.82, 2.24) is 0 Å². The highest BCUT2D eigenvalue weighted by Crippen LogP contribution is 2.12. The number of unbranched alkanes of at least 4 members (excludes halogenated alkanes) is 14. The molecular formula is C43H72O5. The fourth-order valence-corrected chi connectivity index (χ4v) is 5.04. The van der Waals surface area contributed by atoms with E-state index in [1.807, 2.05) is 0 Å². The molecule has 0 aliphatic carbocycles. The number of allylic oxidation sites excluding steroid dienone is 12. The average Bonchev–Trinajstić information content (AvgIpc) is 3.09. The Labute approximate surface area is 295 Å². The number of hydrogen-bond donors (Lipinski definition) is 1. The Bertz CT molecular complexity index is 895. The largest absolute Gasteiger partial charge is 0.462 e. The number of carbonyl (C=O) groups excluding carboxylic acids is 2. The van der Waals surface area contributed by atoms with E-state index >= 15 is 0 Å². The molecule has 0 amide bonds. The van der Waals surface area contributed by atoms with Gasteiger partial charge in [0.1, 0.15) is 6.61 Å². The number of hydrogen-bond acceptors (Lipinski definition) is 5. The zero-order chi connectivity index (χ0) is 35.0. The number of aliphatic hydroxyl groups is 1. The van der Waals surface area contributed by atoms with Crippen LogP contribution in [-0.4, -0.2) is 36.4 Å². The molecule has 0 aromatic heterocycles. The second-order valence-corrected chi connectivity index (χ2v) is 12.6. The molecule has 1 N–H and O–H groups in total. The first-order chi connectivity index (χ1) is 23.6. The van der Waals surface area contributed by atoms with Crippen molar-refractivity contribution >= 4 is 11.9 Å². The van der Waals surface area contributed by atoms with Gasteiger partial charge in [-0.1, -0.05) is 145 Å². The summed E-state index contributed by atoms with van der Waals surface area (Å²) < 4.78 is 10.6. The molecule has 0 aromatic rings. The number of rotatable bonds is 34. The molecule has 5 nitrogen and oxygen atoms in total. The van der Waals surface area contributed by atoms with E-state index in [9.17, 15) is 14.7 Å². The molecule has 0 aliphatic rings. The summed E-state index contributed by atoms with van der Waals surface area (Å²) in [5.41, 5.74) is 0. The van der Waals surface area contributed by atoms with Crippen molar-refractivity contribution in [1.29, 1.82) is 0 Å². The highest BCUT2D eigenvalue weighted by Gasteiger charge is 2.16. The molecule has 0 unspecified atom stereocenters.